The van der Waals surface area contributed by atoms with Gasteiger partial charge in [0.05, 0.1) is 17.4 Å². The quantitative estimate of drug-likeness (QED) is 0.301. The Hall–Kier alpha value is -4.49. The van der Waals surface area contributed by atoms with Crippen LogP contribution in [0.5, 0.6) is 0 Å². The van der Waals surface area contributed by atoms with Gasteiger partial charge in [0.15, 0.2) is 0 Å². The number of aliphatic carboxylic acids is 1. The van der Waals surface area contributed by atoms with Crippen LogP contribution in [0.1, 0.15) is 17.0 Å². The van der Waals surface area contributed by atoms with Gasteiger partial charge in [0.25, 0.3) is 5.56 Å². The molecule has 3 aromatic carbocycles. The summed E-state index contributed by atoms with van der Waals surface area (Å²) in [6.45, 7) is 3.86. The Balaban J connectivity index is 1.65. The number of fused-ring (bicyclic) bond motifs is 3. The Kier molecular flexibility index (Phi) is 5.73. The summed E-state index contributed by atoms with van der Waals surface area (Å²) in [4.78, 5) is 30.0. The molecule has 0 atom stereocenters. The first-order chi connectivity index (χ1) is 18.3. The fourth-order valence-electron chi connectivity index (χ4n) is 5.31. The first-order valence-corrected chi connectivity index (χ1v) is 12.6. The minimum atomic E-state index is -0.950. The molecule has 0 aliphatic carbocycles. The Morgan fingerprint density at radius 3 is 2.39 bits per heavy atom. The summed E-state index contributed by atoms with van der Waals surface area (Å²) in [6, 6.07) is 22.6. The molecule has 0 saturated heterocycles. The van der Waals surface area contributed by atoms with Crippen molar-refractivity contribution in [2.75, 3.05) is 0 Å². The topological polar surface area (TPSA) is 90.0 Å². The van der Waals surface area contributed by atoms with Crippen LogP contribution in [0.3, 0.4) is 0 Å². The van der Waals surface area contributed by atoms with Gasteiger partial charge in [-0.15, -0.1) is 0 Å². The van der Waals surface area contributed by atoms with Gasteiger partial charge < -0.3 is 9.67 Å². The van der Waals surface area contributed by atoms with Crippen molar-refractivity contribution < 1.29 is 9.90 Å². The zero-order valence-corrected chi connectivity index (χ0v) is 21.5. The van der Waals surface area contributed by atoms with Crippen molar-refractivity contribution >= 4 is 50.1 Å². The first kappa shape index (κ1) is 23.9. The van der Waals surface area contributed by atoms with E-state index < -0.39 is 5.97 Å². The second-order valence-electron chi connectivity index (χ2n) is 9.40. The summed E-state index contributed by atoms with van der Waals surface area (Å²) < 4.78 is 3.23. The number of para-hydroxylation sites is 1. The van der Waals surface area contributed by atoms with Gasteiger partial charge in [-0.3, -0.25) is 14.6 Å². The van der Waals surface area contributed by atoms with Crippen LogP contribution in [0.25, 0.3) is 43.8 Å². The first-order valence-electron chi connectivity index (χ1n) is 12.2. The lowest BCUT2D eigenvalue weighted by atomic mass is 10.0. The molecule has 0 fully saturated rings. The minimum Gasteiger partial charge on any atom is -0.480 e. The Bertz CT molecular complexity index is 1970. The number of halogens is 1. The van der Waals surface area contributed by atoms with Gasteiger partial charge in [-0.2, -0.15) is 5.10 Å². The number of carboxylic acid groups (broad SMARTS) is 1. The van der Waals surface area contributed by atoms with E-state index >= 15 is 0 Å². The number of carboxylic acids is 1. The van der Waals surface area contributed by atoms with Gasteiger partial charge in [-0.1, -0.05) is 48.0 Å². The average Bonchev–Trinajstić information content (AvgIpc) is 3.15. The number of carbonyl (C=O) groups is 1. The van der Waals surface area contributed by atoms with Crippen molar-refractivity contribution in [3.05, 3.63) is 105 Å². The molecular weight excluding hydrogens is 500 g/mol. The molecule has 188 valence electrons. The molecule has 38 heavy (non-hydrogen) atoms. The van der Waals surface area contributed by atoms with E-state index in [1.165, 1.54) is 4.68 Å². The summed E-state index contributed by atoms with van der Waals surface area (Å²) in [5.74, 6) is -0.950. The Morgan fingerprint density at radius 2 is 1.63 bits per heavy atom. The maximum Gasteiger partial charge on any atom is 0.323 e. The number of hydrogen-bond acceptors (Lipinski definition) is 4. The molecule has 0 unspecified atom stereocenters. The number of rotatable bonds is 5. The third-order valence-corrected chi connectivity index (χ3v) is 7.17. The molecular formula is C30H23ClN4O3. The third kappa shape index (κ3) is 3.92. The molecule has 0 saturated carbocycles. The second-order valence-corrected chi connectivity index (χ2v) is 9.84. The van der Waals surface area contributed by atoms with E-state index in [2.05, 4.69) is 4.98 Å². The van der Waals surface area contributed by atoms with Gasteiger partial charge in [0, 0.05) is 43.6 Å². The summed E-state index contributed by atoms with van der Waals surface area (Å²) in [5.41, 5.74) is 5.29. The van der Waals surface area contributed by atoms with Crippen molar-refractivity contribution in [1.82, 2.24) is 19.3 Å². The molecule has 7 nitrogen and oxygen atoms in total. The zero-order chi connectivity index (χ0) is 26.6. The van der Waals surface area contributed by atoms with Crippen LogP contribution >= 0.6 is 11.6 Å². The summed E-state index contributed by atoms with van der Waals surface area (Å²) in [5, 5.41) is 18.0. The van der Waals surface area contributed by atoms with E-state index in [1.807, 2.05) is 74.5 Å². The molecule has 8 heteroatoms. The molecule has 1 N–H and O–H groups in total. The SMILES string of the molecule is Cc1cc(Cn2nc(-c3c(C)n(CC(=O)O)c4ccc(Cl)cc34)c3ccccc3c2=O)c2ccccc2n1. The van der Waals surface area contributed by atoms with Gasteiger partial charge in [0.2, 0.25) is 0 Å². The molecule has 0 amide bonds. The molecule has 3 aromatic heterocycles. The van der Waals surface area contributed by atoms with Crippen molar-refractivity contribution in [1.29, 1.82) is 0 Å². The lowest BCUT2D eigenvalue weighted by Crippen LogP contribution is -2.24. The van der Waals surface area contributed by atoms with Gasteiger partial charge in [0.1, 0.15) is 12.2 Å². The highest BCUT2D eigenvalue weighted by Gasteiger charge is 2.22. The van der Waals surface area contributed by atoms with Crippen LogP contribution in [0.15, 0.2) is 77.6 Å². The molecule has 3 heterocycles. The highest BCUT2D eigenvalue weighted by molar-refractivity contribution is 6.31. The normalized spacial score (nSPS) is 11.6. The number of benzene rings is 3. The number of aromatic nitrogens is 4. The number of pyridine rings is 1. The maximum atomic E-state index is 13.7. The average molecular weight is 523 g/mol. The molecule has 0 radical (unpaired) electrons. The molecule has 0 aliphatic rings. The minimum absolute atomic E-state index is 0.201. The predicted octanol–water partition coefficient (Wildman–Crippen LogP) is 5.97. The number of aryl methyl sites for hydroxylation is 1. The fraction of sp³-hybridized carbons (Fsp3) is 0.133. The van der Waals surface area contributed by atoms with Crippen molar-refractivity contribution in [2.24, 2.45) is 0 Å². The van der Waals surface area contributed by atoms with E-state index in [0.717, 1.165) is 44.3 Å². The lowest BCUT2D eigenvalue weighted by Gasteiger charge is -2.14. The van der Waals surface area contributed by atoms with Gasteiger partial charge in [-0.25, -0.2) is 4.68 Å². The van der Waals surface area contributed by atoms with Gasteiger partial charge >= 0.3 is 5.97 Å². The van der Waals surface area contributed by atoms with Crippen molar-refractivity contribution in [3.63, 3.8) is 0 Å². The van der Waals surface area contributed by atoms with E-state index in [9.17, 15) is 14.7 Å². The van der Waals surface area contributed by atoms with E-state index in [4.69, 9.17) is 16.7 Å². The molecule has 6 rings (SSSR count). The molecule has 6 aromatic rings. The highest BCUT2D eigenvalue weighted by atomic mass is 35.5. The Morgan fingerprint density at radius 1 is 0.921 bits per heavy atom. The standard InChI is InChI=1S/C30H23ClN4O3/c1-17-13-19(21-7-5-6-10-25(21)32-17)15-35-30(38)23-9-4-3-8-22(23)29(33-35)28-18(2)34(16-27(36)37)26-12-11-20(31)14-24(26)28/h3-14H,15-16H2,1-2H3,(H,36,37). The zero-order valence-electron chi connectivity index (χ0n) is 20.8. The summed E-state index contributed by atoms with van der Waals surface area (Å²) >= 11 is 6.39. The van der Waals surface area contributed by atoms with Crippen LogP contribution in [-0.4, -0.2) is 30.4 Å². The second kappa shape index (κ2) is 9.11. The summed E-state index contributed by atoms with van der Waals surface area (Å²) in [6.07, 6.45) is 0. The highest BCUT2D eigenvalue weighted by Crippen LogP contribution is 2.37. The van der Waals surface area contributed by atoms with Gasteiger partial charge in [-0.05, 0) is 55.8 Å². The smallest absolute Gasteiger partial charge is 0.323 e. The van der Waals surface area contributed by atoms with E-state index in [-0.39, 0.29) is 18.6 Å². The molecule has 0 bridgehead atoms. The number of nitrogens with zero attached hydrogens (tertiary/aromatic N) is 4. The van der Waals surface area contributed by atoms with E-state index in [1.54, 1.807) is 16.7 Å². The van der Waals surface area contributed by atoms with Crippen LogP contribution < -0.4 is 5.56 Å². The molecule has 0 aliphatic heterocycles. The van der Waals surface area contributed by atoms with Crippen LogP contribution in [0, 0.1) is 13.8 Å². The third-order valence-electron chi connectivity index (χ3n) is 6.93. The summed E-state index contributed by atoms with van der Waals surface area (Å²) in [7, 11) is 0. The van der Waals surface area contributed by atoms with Crippen LogP contribution in [-0.2, 0) is 17.9 Å². The largest absolute Gasteiger partial charge is 0.480 e. The predicted molar refractivity (Wildman–Crippen MR) is 150 cm³/mol. The Labute approximate surface area is 222 Å². The lowest BCUT2D eigenvalue weighted by molar-refractivity contribution is -0.137. The monoisotopic (exact) mass is 522 g/mol. The molecule has 0 spiro atoms. The fourth-order valence-corrected chi connectivity index (χ4v) is 5.48. The number of hydrogen-bond donors (Lipinski definition) is 1. The van der Waals surface area contributed by atoms with Crippen molar-refractivity contribution in [3.8, 4) is 11.3 Å². The van der Waals surface area contributed by atoms with Crippen molar-refractivity contribution in [2.45, 2.75) is 26.9 Å². The van der Waals surface area contributed by atoms with Crippen LogP contribution in [0.2, 0.25) is 5.02 Å². The maximum absolute atomic E-state index is 13.7. The van der Waals surface area contributed by atoms with Crippen LogP contribution in [0.4, 0.5) is 0 Å². The van der Waals surface area contributed by atoms with E-state index in [0.29, 0.717) is 21.5 Å².